The average Bonchev–Trinajstić information content (AvgIpc) is 3.30. The first-order valence-electron chi connectivity index (χ1n) is 12.0. The van der Waals surface area contributed by atoms with Gasteiger partial charge in [-0.2, -0.15) is 0 Å². The molecule has 0 aliphatic heterocycles. The van der Waals surface area contributed by atoms with Crippen molar-refractivity contribution in [3.63, 3.8) is 0 Å². The van der Waals surface area contributed by atoms with Crippen LogP contribution >= 0.6 is 11.6 Å². The predicted octanol–water partition coefficient (Wildman–Crippen LogP) is 4.28. The fourth-order valence-corrected chi connectivity index (χ4v) is 5.69. The lowest BCUT2D eigenvalue weighted by Gasteiger charge is -2.33. The van der Waals surface area contributed by atoms with Crippen molar-refractivity contribution in [2.75, 3.05) is 17.1 Å². The van der Waals surface area contributed by atoms with Gasteiger partial charge in [0.1, 0.15) is 12.6 Å². The molecule has 1 aliphatic carbocycles. The van der Waals surface area contributed by atoms with Crippen LogP contribution in [0.3, 0.4) is 0 Å². The first-order chi connectivity index (χ1) is 16.6. The molecule has 0 radical (unpaired) electrons. The monoisotopic (exact) mass is 519 g/mol. The summed E-state index contributed by atoms with van der Waals surface area (Å²) in [6.45, 7) is 3.55. The van der Waals surface area contributed by atoms with Crippen molar-refractivity contribution in [3.8, 4) is 0 Å². The zero-order chi connectivity index (χ0) is 25.6. The van der Waals surface area contributed by atoms with E-state index in [1.165, 1.54) is 4.90 Å². The number of benzene rings is 2. The lowest BCUT2D eigenvalue weighted by atomic mass is 10.1. The van der Waals surface area contributed by atoms with Crippen LogP contribution in [-0.4, -0.2) is 50.0 Å². The van der Waals surface area contributed by atoms with Crippen LogP contribution in [0.4, 0.5) is 5.69 Å². The fourth-order valence-electron chi connectivity index (χ4n) is 4.54. The number of para-hydroxylation sites is 1. The number of sulfonamides is 1. The second kappa shape index (κ2) is 11.9. The van der Waals surface area contributed by atoms with Crippen LogP contribution in [0.2, 0.25) is 5.02 Å². The van der Waals surface area contributed by atoms with Crippen molar-refractivity contribution < 1.29 is 18.0 Å². The standard InChI is InChI=1S/C26H34ClN3O4S/c1-4-23(26(32)28-21-12-5-6-13-21)29(17-20-11-9-10-19(2)16-20)25(31)18-30(35(3,33)34)24-15-8-7-14-22(24)27/h7-11,14-16,21,23H,4-6,12-13,17-18H2,1-3H3,(H,28,32). The van der Waals surface area contributed by atoms with Crippen LogP contribution in [0.25, 0.3) is 0 Å². The Balaban J connectivity index is 1.93. The van der Waals surface area contributed by atoms with Crippen LogP contribution in [0.15, 0.2) is 48.5 Å². The van der Waals surface area contributed by atoms with Gasteiger partial charge < -0.3 is 10.2 Å². The summed E-state index contributed by atoms with van der Waals surface area (Å²) in [5.74, 6) is -0.672. The molecular formula is C26H34ClN3O4S. The van der Waals surface area contributed by atoms with Crippen LogP contribution < -0.4 is 9.62 Å². The highest BCUT2D eigenvalue weighted by Gasteiger charge is 2.33. The second-order valence-corrected chi connectivity index (χ2v) is 11.5. The number of hydrogen-bond acceptors (Lipinski definition) is 4. The van der Waals surface area contributed by atoms with E-state index in [0.29, 0.717) is 6.42 Å². The maximum absolute atomic E-state index is 13.7. The van der Waals surface area contributed by atoms with Crippen LogP contribution in [-0.2, 0) is 26.2 Å². The van der Waals surface area contributed by atoms with Crippen molar-refractivity contribution in [3.05, 3.63) is 64.7 Å². The summed E-state index contributed by atoms with van der Waals surface area (Å²) in [6.07, 6.45) is 5.47. The number of carbonyl (C=O) groups is 2. The van der Waals surface area contributed by atoms with Gasteiger partial charge in [-0.25, -0.2) is 8.42 Å². The summed E-state index contributed by atoms with van der Waals surface area (Å²) in [6, 6.07) is 13.6. The summed E-state index contributed by atoms with van der Waals surface area (Å²) in [4.78, 5) is 28.5. The number of hydrogen-bond donors (Lipinski definition) is 1. The van der Waals surface area contributed by atoms with Crippen LogP contribution in [0, 0.1) is 6.92 Å². The number of rotatable bonds is 10. The Labute approximate surface area is 213 Å². The van der Waals surface area contributed by atoms with Gasteiger partial charge in [0.05, 0.1) is 17.0 Å². The number of anilines is 1. The molecule has 1 aliphatic rings. The summed E-state index contributed by atoms with van der Waals surface area (Å²) in [5.41, 5.74) is 2.13. The molecule has 1 N–H and O–H groups in total. The number of nitrogens with zero attached hydrogens (tertiary/aromatic N) is 2. The molecule has 0 saturated heterocycles. The lowest BCUT2D eigenvalue weighted by molar-refractivity contribution is -0.140. The van der Waals surface area contributed by atoms with Crippen molar-refractivity contribution >= 4 is 39.1 Å². The largest absolute Gasteiger partial charge is 0.352 e. The molecule has 2 aromatic rings. The van der Waals surface area contributed by atoms with Gasteiger partial charge in [-0.1, -0.05) is 73.3 Å². The van der Waals surface area contributed by atoms with Crippen molar-refractivity contribution in [2.24, 2.45) is 0 Å². The summed E-state index contributed by atoms with van der Waals surface area (Å²) >= 11 is 6.28. The SMILES string of the molecule is CCC(C(=O)NC1CCCC1)N(Cc1cccc(C)c1)C(=O)CN(c1ccccc1Cl)S(C)(=O)=O. The van der Waals surface area contributed by atoms with Gasteiger partial charge in [-0.3, -0.25) is 13.9 Å². The molecule has 0 heterocycles. The Bertz CT molecular complexity index is 1150. The molecule has 2 amide bonds. The van der Waals surface area contributed by atoms with E-state index in [-0.39, 0.29) is 29.2 Å². The molecule has 0 spiro atoms. The molecule has 1 unspecified atom stereocenters. The Morgan fingerprint density at radius 2 is 1.80 bits per heavy atom. The Morgan fingerprint density at radius 1 is 1.11 bits per heavy atom. The van der Waals surface area contributed by atoms with Gasteiger partial charge in [0.2, 0.25) is 21.8 Å². The third-order valence-electron chi connectivity index (χ3n) is 6.32. The van der Waals surface area contributed by atoms with Gasteiger partial charge in [-0.05, 0) is 43.9 Å². The zero-order valence-electron chi connectivity index (χ0n) is 20.5. The van der Waals surface area contributed by atoms with Gasteiger partial charge in [0, 0.05) is 12.6 Å². The van der Waals surface area contributed by atoms with E-state index >= 15 is 0 Å². The number of amides is 2. The first-order valence-corrected chi connectivity index (χ1v) is 14.2. The smallest absolute Gasteiger partial charge is 0.244 e. The maximum atomic E-state index is 13.7. The molecule has 3 rings (SSSR count). The molecule has 1 atom stereocenters. The predicted molar refractivity (Wildman–Crippen MR) is 140 cm³/mol. The quantitative estimate of drug-likeness (QED) is 0.507. The van der Waals surface area contributed by atoms with Crippen molar-refractivity contribution in [1.82, 2.24) is 10.2 Å². The number of aryl methyl sites for hydroxylation is 1. The zero-order valence-corrected chi connectivity index (χ0v) is 22.1. The maximum Gasteiger partial charge on any atom is 0.244 e. The highest BCUT2D eigenvalue weighted by molar-refractivity contribution is 7.92. The van der Waals surface area contributed by atoms with Crippen LogP contribution in [0.1, 0.15) is 50.2 Å². The minimum atomic E-state index is -3.82. The third kappa shape index (κ3) is 7.21. The van der Waals surface area contributed by atoms with E-state index < -0.39 is 28.5 Å². The van der Waals surface area contributed by atoms with E-state index in [4.69, 9.17) is 11.6 Å². The fraction of sp³-hybridized carbons (Fsp3) is 0.462. The molecule has 1 saturated carbocycles. The van der Waals surface area contributed by atoms with E-state index in [9.17, 15) is 18.0 Å². The Hall–Kier alpha value is -2.58. The van der Waals surface area contributed by atoms with Crippen LogP contribution in [0.5, 0.6) is 0 Å². The van der Waals surface area contributed by atoms with Gasteiger partial charge in [-0.15, -0.1) is 0 Å². The normalized spacial score (nSPS) is 15.0. The molecular weight excluding hydrogens is 486 g/mol. The molecule has 190 valence electrons. The molecule has 1 fully saturated rings. The second-order valence-electron chi connectivity index (χ2n) is 9.15. The van der Waals surface area contributed by atoms with E-state index in [1.54, 1.807) is 24.3 Å². The highest BCUT2D eigenvalue weighted by Crippen LogP contribution is 2.28. The lowest BCUT2D eigenvalue weighted by Crippen LogP contribution is -2.53. The average molecular weight is 520 g/mol. The molecule has 2 aromatic carbocycles. The number of carbonyl (C=O) groups excluding carboxylic acids is 2. The molecule has 7 nitrogen and oxygen atoms in total. The molecule has 0 bridgehead atoms. The van der Waals surface area contributed by atoms with Gasteiger partial charge >= 0.3 is 0 Å². The summed E-state index contributed by atoms with van der Waals surface area (Å²) < 4.78 is 26.3. The van der Waals surface area contributed by atoms with E-state index in [2.05, 4.69) is 5.32 Å². The Kier molecular flexibility index (Phi) is 9.19. The Morgan fingerprint density at radius 3 is 2.40 bits per heavy atom. The molecule has 9 heteroatoms. The third-order valence-corrected chi connectivity index (χ3v) is 7.77. The number of halogens is 1. The van der Waals surface area contributed by atoms with E-state index in [0.717, 1.165) is 47.4 Å². The summed E-state index contributed by atoms with van der Waals surface area (Å²) in [5, 5.41) is 3.33. The van der Waals surface area contributed by atoms with Gasteiger partial charge in [0.25, 0.3) is 0 Å². The topological polar surface area (TPSA) is 86.8 Å². The van der Waals surface area contributed by atoms with E-state index in [1.807, 2.05) is 38.1 Å². The van der Waals surface area contributed by atoms with Crippen molar-refractivity contribution in [1.29, 1.82) is 0 Å². The first kappa shape index (κ1) is 27.0. The highest BCUT2D eigenvalue weighted by atomic mass is 35.5. The number of nitrogens with one attached hydrogen (secondary N) is 1. The minimum Gasteiger partial charge on any atom is -0.352 e. The van der Waals surface area contributed by atoms with Gasteiger partial charge in [0.15, 0.2) is 0 Å². The molecule has 35 heavy (non-hydrogen) atoms. The molecule has 0 aromatic heterocycles. The summed E-state index contributed by atoms with van der Waals surface area (Å²) in [7, 11) is -3.82. The van der Waals surface area contributed by atoms with Crippen molar-refractivity contribution in [2.45, 2.75) is 64.6 Å². The minimum absolute atomic E-state index is 0.114.